The minimum atomic E-state index is -0.841. The van der Waals surface area contributed by atoms with Crippen LogP contribution >= 0.6 is 11.6 Å². The fraction of sp³-hybridized carbons (Fsp3) is 0.0909. The second kappa shape index (κ2) is 4.10. The van der Waals surface area contributed by atoms with Gasteiger partial charge >= 0.3 is 0 Å². The van der Waals surface area contributed by atoms with Crippen LogP contribution in [0.25, 0.3) is 6.08 Å². The highest BCUT2D eigenvalue weighted by molar-refractivity contribution is 6.71. The van der Waals surface area contributed by atoms with Crippen molar-refractivity contribution >= 4 is 34.4 Å². The van der Waals surface area contributed by atoms with Gasteiger partial charge in [-0.15, -0.1) is 0 Å². The molecular formula is C11H6ClNO4. The molecule has 1 aliphatic rings. The van der Waals surface area contributed by atoms with E-state index in [1.54, 1.807) is 0 Å². The molecule has 1 aromatic carbocycles. The summed E-state index contributed by atoms with van der Waals surface area (Å²) in [6, 6.07) is 4.16. The number of carbonyl (C=O) groups is 2. The van der Waals surface area contributed by atoms with E-state index >= 15 is 0 Å². The maximum absolute atomic E-state index is 11.5. The zero-order valence-electron chi connectivity index (χ0n) is 8.47. The molecule has 0 amide bonds. The third kappa shape index (κ3) is 2.09. The van der Waals surface area contributed by atoms with Gasteiger partial charge in [-0.1, -0.05) is 6.07 Å². The molecule has 0 spiro atoms. The first-order valence-corrected chi connectivity index (χ1v) is 5.09. The van der Waals surface area contributed by atoms with E-state index in [2.05, 4.69) is 0 Å². The maximum Gasteiger partial charge on any atom is 0.270 e. The summed E-state index contributed by atoms with van der Waals surface area (Å²) in [7, 11) is 0. The van der Waals surface area contributed by atoms with Gasteiger partial charge in [-0.25, -0.2) is 0 Å². The molecule has 0 atom stereocenters. The Balaban J connectivity index is 2.55. The lowest BCUT2D eigenvalue weighted by molar-refractivity contribution is -0.384. The SMILES string of the molecule is O=C(Cl)C1=Cc2cc([N+](=O)[O-])ccc2CC1=O. The molecule has 0 saturated carbocycles. The summed E-state index contributed by atoms with van der Waals surface area (Å²) in [4.78, 5) is 32.5. The summed E-state index contributed by atoms with van der Waals surface area (Å²) in [5.74, 6) is -0.369. The Hall–Kier alpha value is -2.01. The largest absolute Gasteiger partial charge is 0.294 e. The van der Waals surface area contributed by atoms with Crippen molar-refractivity contribution in [2.75, 3.05) is 0 Å². The van der Waals surface area contributed by atoms with Crippen LogP contribution in [0.3, 0.4) is 0 Å². The summed E-state index contributed by atoms with van der Waals surface area (Å²) in [5, 5.41) is 9.75. The van der Waals surface area contributed by atoms with E-state index in [0.717, 1.165) is 0 Å². The van der Waals surface area contributed by atoms with E-state index in [4.69, 9.17) is 11.6 Å². The first kappa shape index (κ1) is 11.5. The van der Waals surface area contributed by atoms with Crippen LogP contribution in [-0.4, -0.2) is 15.9 Å². The number of benzene rings is 1. The van der Waals surface area contributed by atoms with E-state index in [-0.39, 0.29) is 23.5 Å². The van der Waals surface area contributed by atoms with Crippen molar-refractivity contribution < 1.29 is 14.5 Å². The van der Waals surface area contributed by atoms with Gasteiger partial charge in [0.2, 0.25) is 0 Å². The van der Waals surface area contributed by atoms with E-state index in [1.165, 1.54) is 24.3 Å². The highest BCUT2D eigenvalue weighted by Gasteiger charge is 2.23. The van der Waals surface area contributed by atoms with Crippen LogP contribution in [0.5, 0.6) is 0 Å². The molecule has 5 nitrogen and oxygen atoms in total. The van der Waals surface area contributed by atoms with Crippen molar-refractivity contribution in [2.24, 2.45) is 0 Å². The number of rotatable bonds is 2. The molecule has 0 saturated heterocycles. The summed E-state index contributed by atoms with van der Waals surface area (Å²) >= 11 is 5.26. The molecule has 0 heterocycles. The molecule has 17 heavy (non-hydrogen) atoms. The predicted molar refractivity (Wildman–Crippen MR) is 60.6 cm³/mol. The van der Waals surface area contributed by atoms with Crippen LogP contribution in [0.4, 0.5) is 5.69 Å². The average Bonchev–Trinajstić information content (AvgIpc) is 2.27. The number of ketones is 1. The molecule has 1 aliphatic carbocycles. The number of nitrogens with zero attached hydrogens (tertiary/aromatic N) is 1. The van der Waals surface area contributed by atoms with E-state index in [1.807, 2.05) is 0 Å². The van der Waals surface area contributed by atoms with Crippen molar-refractivity contribution in [1.29, 1.82) is 0 Å². The van der Waals surface area contributed by atoms with Crippen LogP contribution in [0.2, 0.25) is 0 Å². The quantitative estimate of drug-likeness (QED) is 0.348. The van der Waals surface area contributed by atoms with Gasteiger partial charge in [-0.05, 0) is 28.8 Å². The average molecular weight is 252 g/mol. The fourth-order valence-corrected chi connectivity index (χ4v) is 1.82. The van der Waals surface area contributed by atoms with Crippen LogP contribution < -0.4 is 0 Å². The lowest BCUT2D eigenvalue weighted by Gasteiger charge is -2.12. The van der Waals surface area contributed by atoms with Gasteiger partial charge < -0.3 is 0 Å². The monoisotopic (exact) mass is 251 g/mol. The zero-order valence-corrected chi connectivity index (χ0v) is 9.23. The third-order valence-corrected chi connectivity index (χ3v) is 2.71. The lowest BCUT2D eigenvalue weighted by Crippen LogP contribution is -2.16. The van der Waals surface area contributed by atoms with Crippen molar-refractivity contribution in [2.45, 2.75) is 6.42 Å². The maximum atomic E-state index is 11.5. The van der Waals surface area contributed by atoms with Crippen LogP contribution in [0, 0.1) is 10.1 Å². The topological polar surface area (TPSA) is 77.3 Å². The zero-order chi connectivity index (χ0) is 12.6. The molecule has 2 rings (SSSR count). The number of non-ortho nitro benzene ring substituents is 1. The Labute approximate surface area is 101 Å². The summed E-state index contributed by atoms with van der Waals surface area (Å²) in [6.07, 6.45) is 1.33. The first-order chi connectivity index (χ1) is 7.99. The summed E-state index contributed by atoms with van der Waals surface area (Å²) in [5.41, 5.74) is 0.931. The van der Waals surface area contributed by atoms with E-state index in [0.29, 0.717) is 11.1 Å². The predicted octanol–water partition coefficient (Wildman–Crippen LogP) is 1.87. The number of hydrogen-bond donors (Lipinski definition) is 0. The first-order valence-electron chi connectivity index (χ1n) is 4.71. The minimum Gasteiger partial charge on any atom is -0.294 e. The molecule has 0 unspecified atom stereocenters. The standard InChI is InChI=1S/C11H6ClNO4/c12-11(15)9-4-7-3-8(13(16)17)2-1-6(7)5-10(9)14/h1-4H,5H2. The normalized spacial score (nSPS) is 13.9. The Morgan fingerprint density at radius 1 is 1.41 bits per heavy atom. The molecule has 0 aliphatic heterocycles. The number of halogens is 1. The summed E-state index contributed by atoms with van der Waals surface area (Å²) in [6.45, 7) is 0. The van der Waals surface area contributed by atoms with E-state index < -0.39 is 10.2 Å². The lowest BCUT2D eigenvalue weighted by atomic mass is 9.91. The van der Waals surface area contributed by atoms with Crippen molar-refractivity contribution in [1.82, 2.24) is 0 Å². The second-order valence-electron chi connectivity index (χ2n) is 3.57. The number of allylic oxidation sites excluding steroid dienone is 1. The van der Waals surface area contributed by atoms with Crippen LogP contribution in [0.1, 0.15) is 11.1 Å². The van der Waals surface area contributed by atoms with Crippen molar-refractivity contribution in [3.8, 4) is 0 Å². The van der Waals surface area contributed by atoms with Crippen molar-refractivity contribution in [3.63, 3.8) is 0 Å². The third-order valence-electron chi connectivity index (χ3n) is 2.50. The molecule has 0 fully saturated rings. The Morgan fingerprint density at radius 3 is 2.71 bits per heavy atom. The van der Waals surface area contributed by atoms with Gasteiger partial charge in [0, 0.05) is 18.6 Å². The number of Topliss-reactive ketones (excluding diaryl/α,β-unsaturated/α-hetero) is 1. The van der Waals surface area contributed by atoms with Crippen LogP contribution in [0.15, 0.2) is 23.8 Å². The van der Waals surface area contributed by atoms with Crippen LogP contribution in [-0.2, 0) is 16.0 Å². The molecule has 0 radical (unpaired) electrons. The Bertz CT molecular complexity index is 577. The van der Waals surface area contributed by atoms with Gasteiger partial charge in [0.25, 0.3) is 10.9 Å². The number of carbonyl (C=O) groups excluding carboxylic acids is 2. The number of nitro groups is 1. The van der Waals surface area contributed by atoms with Gasteiger partial charge in [0.05, 0.1) is 10.5 Å². The van der Waals surface area contributed by atoms with E-state index in [9.17, 15) is 19.7 Å². The van der Waals surface area contributed by atoms with Gasteiger partial charge in [0.15, 0.2) is 5.78 Å². The molecular weight excluding hydrogens is 246 g/mol. The van der Waals surface area contributed by atoms with Gasteiger partial charge in [-0.3, -0.25) is 19.7 Å². The molecule has 86 valence electrons. The highest BCUT2D eigenvalue weighted by Crippen LogP contribution is 2.26. The molecule has 0 bridgehead atoms. The van der Waals surface area contributed by atoms with Gasteiger partial charge in [0.1, 0.15) is 0 Å². The minimum absolute atomic E-state index is 0.0393. The Morgan fingerprint density at radius 2 is 2.12 bits per heavy atom. The summed E-state index contributed by atoms with van der Waals surface area (Å²) < 4.78 is 0. The molecule has 0 N–H and O–H groups in total. The highest BCUT2D eigenvalue weighted by atomic mass is 35.5. The number of hydrogen-bond acceptors (Lipinski definition) is 4. The van der Waals surface area contributed by atoms with Gasteiger partial charge in [-0.2, -0.15) is 0 Å². The molecule has 0 aromatic heterocycles. The number of fused-ring (bicyclic) bond motifs is 1. The molecule has 1 aromatic rings. The fourth-order valence-electron chi connectivity index (χ4n) is 1.66. The smallest absolute Gasteiger partial charge is 0.270 e. The Kier molecular flexibility index (Phi) is 2.77. The second-order valence-corrected chi connectivity index (χ2v) is 3.92. The van der Waals surface area contributed by atoms with Crippen molar-refractivity contribution in [3.05, 3.63) is 45.0 Å². The molecule has 6 heteroatoms. The number of nitro benzene ring substituents is 1.